The monoisotopic (exact) mass is 244 g/mol. The summed E-state index contributed by atoms with van der Waals surface area (Å²) in [4.78, 5) is 0. The van der Waals surface area contributed by atoms with Gasteiger partial charge in [0.1, 0.15) is 11.6 Å². The van der Waals surface area contributed by atoms with Crippen LogP contribution in [0.4, 0.5) is 0 Å². The highest BCUT2D eigenvalue weighted by molar-refractivity contribution is 7.89. The molecule has 1 heterocycles. The summed E-state index contributed by atoms with van der Waals surface area (Å²) in [7, 11) is -1.47. The van der Waals surface area contributed by atoms with Crippen LogP contribution in [0.2, 0.25) is 0 Å². The van der Waals surface area contributed by atoms with Crippen molar-refractivity contribution in [2.24, 2.45) is 0 Å². The van der Waals surface area contributed by atoms with Gasteiger partial charge in [0.15, 0.2) is 15.6 Å². The maximum absolute atomic E-state index is 11.3. The Hall–Kier alpha value is -1.04. The summed E-state index contributed by atoms with van der Waals surface area (Å²) in [6.07, 6.45) is 3.39. The lowest BCUT2D eigenvalue weighted by atomic mass is 10.2. The highest BCUT2D eigenvalue weighted by Gasteiger charge is 2.33. The van der Waals surface area contributed by atoms with Crippen molar-refractivity contribution in [1.82, 2.24) is 9.78 Å². The van der Waals surface area contributed by atoms with Gasteiger partial charge in [0.25, 0.3) is 0 Å². The third-order valence-corrected chi connectivity index (χ3v) is 3.35. The Labute approximate surface area is 95.3 Å². The summed E-state index contributed by atoms with van der Waals surface area (Å²) < 4.78 is 29.5. The number of nitrogens with zero attached hydrogens (tertiary/aromatic N) is 2. The zero-order valence-corrected chi connectivity index (χ0v) is 10.5. The van der Waals surface area contributed by atoms with Crippen LogP contribution in [0.25, 0.3) is 0 Å². The molecule has 2 rings (SSSR count). The normalized spacial score (nSPS) is 16.4. The van der Waals surface area contributed by atoms with E-state index in [-0.39, 0.29) is 5.88 Å². The highest BCUT2D eigenvalue weighted by Crippen LogP contribution is 2.45. The third kappa shape index (κ3) is 2.21. The molecule has 90 valence electrons. The number of aryl methyl sites for hydroxylation is 1. The van der Waals surface area contributed by atoms with Crippen LogP contribution in [0, 0.1) is 6.92 Å². The summed E-state index contributed by atoms with van der Waals surface area (Å²) in [5, 5.41) is 4.24. The van der Waals surface area contributed by atoms with E-state index in [1.54, 1.807) is 11.8 Å². The van der Waals surface area contributed by atoms with Gasteiger partial charge in [-0.1, -0.05) is 0 Å². The number of hydrogen-bond donors (Lipinski definition) is 0. The molecule has 5 nitrogen and oxygen atoms in total. The molecule has 0 saturated heterocycles. The number of rotatable bonds is 4. The van der Waals surface area contributed by atoms with E-state index in [0.29, 0.717) is 5.92 Å². The highest BCUT2D eigenvalue weighted by atomic mass is 32.2. The zero-order valence-electron chi connectivity index (χ0n) is 9.73. The van der Waals surface area contributed by atoms with E-state index in [9.17, 15) is 8.42 Å². The maximum atomic E-state index is 11.3. The Kier molecular flexibility index (Phi) is 2.69. The number of ether oxygens (including phenoxy) is 1. The quantitative estimate of drug-likeness (QED) is 0.795. The predicted octanol–water partition coefficient (Wildman–Crippen LogP) is 1.08. The molecule has 0 amide bonds. The van der Waals surface area contributed by atoms with Crippen LogP contribution in [-0.4, -0.2) is 31.6 Å². The molecular weight excluding hydrogens is 228 g/mol. The third-order valence-electron chi connectivity index (χ3n) is 2.64. The molecule has 0 bridgehead atoms. The van der Waals surface area contributed by atoms with E-state index in [1.807, 2.05) is 6.92 Å². The van der Waals surface area contributed by atoms with E-state index < -0.39 is 9.84 Å². The van der Waals surface area contributed by atoms with Crippen molar-refractivity contribution in [1.29, 1.82) is 0 Å². The first-order valence-electron chi connectivity index (χ1n) is 5.21. The Morgan fingerprint density at radius 2 is 2.12 bits per heavy atom. The molecule has 0 aromatic carbocycles. The van der Waals surface area contributed by atoms with Gasteiger partial charge in [-0.05, 0) is 19.8 Å². The van der Waals surface area contributed by atoms with Gasteiger partial charge in [-0.15, -0.1) is 0 Å². The van der Waals surface area contributed by atoms with Crippen LogP contribution < -0.4 is 4.74 Å². The van der Waals surface area contributed by atoms with E-state index in [2.05, 4.69) is 5.10 Å². The molecule has 1 aromatic rings. The van der Waals surface area contributed by atoms with Crippen molar-refractivity contribution >= 4 is 9.84 Å². The van der Waals surface area contributed by atoms with Gasteiger partial charge in [0.2, 0.25) is 0 Å². The van der Waals surface area contributed by atoms with Gasteiger partial charge in [0.05, 0.1) is 12.8 Å². The first-order chi connectivity index (χ1) is 7.42. The van der Waals surface area contributed by atoms with Gasteiger partial charge >= 0.3 is 0 Å². The standard InChI is InChI=1S/C10H16N2O3S/c1-7-10(15-2)9(8-4-5-8)12(11-7)6-16(3,13)14/h8H,4-6H2,1-3H3. The largest absolute Gasteiger partial charge is 0.493 e. The first-order valence-corrected chi connectivity index (χ1v) is 7.27. The van der Waals surface area contributed by atoms with Gasteiger partial charge in [-0.25, -0.2) is 8.42 Å². The van der Waals surface area contributed by atoms with E-state index in [1.165, 1.54) is 6.26 Å². The molecule has 1 aliphatic rings. The number of aromatic nitrogens is 2. The van der Waals surface area contributed by atoms with Crippen LogP contribution in [0.5, 0.6) is 5.75 Å². The molecule has 1 aromatic heterocycles. The summed E-state index contributed by atoms with van der Waals surface area (Å²) in [6, 6.07) is 0. The topological polar surface area (TPSA) is 61.2 Å². The summed E-state index contributed by atoms with van der Waals surface area (Å²) in [5.41, 5.74) is 1.69. The lowest BCUT2D eigenvalue weighted by molar-refractivity contribution is 0.405. The molecule has 0 spiro atoms. The average molecular weight is 244 g/mol. The molecule has 1 fully saturated rings. The van der Waals surface area contributed by atoms with Crippen LogP contribution in [0.15, 0.2) is 0 Å². The van der Waals surface area contributed by atoms with Crippen LogP contribution >= 0.6 is 0 Å². The number of methoxy groups -OCH3 is 1. The second-order valence-corrected chi connectivity index (χ2v) is 6.44. The SMILES string of the molecule is COc1c(C)nn(CS(C)(=O)=O)c1C1CC1. The average Bonchev–Trinajstić information content (AvgIpc) is 2.89. The van der Waals surface area contributed by atoms with Crippen LogP contribution in [-0.2, 0) is 15.7 Å². The van der Waals surface area contributed by atoms with E-state index >= 15 is 0 Å². The smallest absolute Gasteiger partial charge is 0.167 e. The molecule has 0 N–H and O–H groups in total. The minimum atomic E-state index is -3.07. The molecule has 16 heavy (non-hydrogen) atoms. The fourth-order valence-corrected chi connectivity index (χ4v) is 2.55. The van der Waals surface area contributed by atoms with E-state index in [0.717, 1.165) is 30.0 Å². The molecular formula is C10H16N2O3S. The minimum absolute atomic E-state index is 0.0664. The van der Waals surface area contributed by atoms with Gasteiger partial charge in [0, 0.05) is 12.2 Å². The van der Waals surface area contributed by atoms with E-state index in [4.69, 9.17) is 4.74 Å². The molecule has 0 atom stereocenters. The van der Waals surface area contributed by atoms with Gasteiger partial charge in [-0.2, -0.15) is 5.10 Å². The second-order valence-electron chi connectivity index (χ2n) is 4.33. The van der Waals surface area contributed by atoms with Crippen LogP contribution in [0.3, 0.4) is 0 Å². The molecule has 0 unspecified atom stereocenters. The zero-order chi connectivity index (χ0) is 11.9. The minimum Gasteiger partial charge on any atom is -0.493 e. The first kappa shape index (κ1) is 11.4. The maximum Gasteiger partial charge on any atom is 0.167 e. The molecule has 0 radical (unpaired) electrons. The fourth-order valence-electron chi connectivity index (χ4n) is 1.91. The van der Waals surface area contributed by atoms with Crippen molar-refractivity contribution in [3.05, 3.63) is 11.4 Å². The summed E-state index contributed by atoms with van der Waals surface area (Å²) in [5.74, 6) is 1.09. The van der Waals surface area contributed by atoms with Crippen molar-refractivity contribution in [2.45, 2.75) is 31.6 Å². The van der Waals surface area contributed by atoms with Crippen molar-refractivity contribution in [2.75, 3.05) is 13.4 Å². The molecule has 6 heteroatoms. The Morgan fingerprint density at radius 1 is 1.50 bits per heavy atom. The molecule has 1 aliphatic carbocycles. The van der Waals surface area contributed by atoms with Crippen molar-refractivity contribution in [3.8, 4) is 5.75 Å². The number of hydrogen-bond acceptors (Lipinski definition) is 4. The van der Waals surface area contributed by atoms with Crippen molar-refractivity contribution in [3.63, 3.8) is 0 Å². The lowest BCUT2D eigenvalue weighted by Crippen LogP contribution is -2.12. The predicted molar refractivity (Wildman–Crippen MR) is 60.3 cm³/mol. The summed E-state index contributed by atoms with van der Waals surface area (Å²) >= 11 is 0. The fraction of sp³-hybridized carbons (Fsp3) is 0.700. The Morgan fingerprint density at radius 3 is 2.56 bits per heavy atom. The summed E-state index contributed by atoms with van der Waals surface area (Å²) in [6.45, 7) is 1.84. The Balaban J connectivity index is 2.44. The van der Waals surface area contributed by atoms with Gasteiger partial charge < -0.3 is 4.74 Å². The van der Waals surface area contributed by atoms with Gasteiger partial charge in [-0.3, -0.25) is 4.68 Å². The molecule has 1 saturated carbocycles. The number of sulfone groups is 1. The lowest BCUT2D eigenvalue weighted by Gasteiger charge is -2.06. The molecule has 0 aliphatic heterocycles. The second kappa shape index (κ2) is 3.76. The van der Waals surface area contributed by atoms with Crippen LogP contribution in [0.1, 0.15) is 30.1 Å². The van der Waals surface area contributed by atoms with Crippen molar-refractivity contribution < 1.29 is 13.2 Å². The Bertz CT molecular complexity index is 500.